The van der Waals surface area contributed by atoms with Gasteiger partial charge in [-0.3, -0.25) is 0 Å². The average molecular weight is 169 g/mol. The molecule has 1 heteroatoms. The molecule has 0 atom stereocenters. The Balaban J connectivity index is 0. The second-order valence-corrected chi connectivity index (χ2v) is 1.18. The van der Waals surface area contributed by atoms with Crippen LogP contribution < -0.4 is 0 Å². The third-order valence-corrected chi connectivity index (χ3v) is 0.372. The van der Waals surface area contributed by atoms with Crippen LogP contribution in [-0.2, 0) is 32.7 Å². The first-order chi connectivity index (χ1) is 2.77. The average Bonchev–Trinajstić information content (AvgIpc) is 1.35. The quantitative estimate of drug-likeness (QED) is 0.414. The maximum Gasteiger partial charge on any atom is 0 e. The van der Waals surface area contributed by atoms with Gasteiger partial charge in [0.2, 0.25) is 0 Å². The third kappa shape index (κ3) is 10.8. The van der Waals surface area contributed by atoms with Crippen molar-refractivity contribution in [2.45, 2.75) is 13.8 Å². The Morgan fingerprint density at radius 2 is 2.14 bits per heavy atom. The van der Waals surface area contributed by atoms with E-state index in [1.165, 1.54) is 0 Å². The Hall–Kier alpha value is 0.584. The van der Waals surface area contributed by atoms with Crippen molar-refractivity contribution in [3.8, 4) is 0 Å². The second kappa shape index (κ2) is 6.58. The summed E-state index contributed by atoms with van der Waals surface area (Å²) < 4.78 is 0. The minimum absolute atomic E-state index is 0. The molecule has 0 saturated heterocycles. The van der Waals surface area contributed by atoms with E-state index < -0.39 is 0 Å². The van der Waals surface area contributed by atoms with Gasteiger partial charge in [0.05, 0.1) is 0 Å². The van der Waals surface area contributed by atoms with E-state index in [1.807, 2.05) is 13.8 Å². The van der Waals surface area contributed by atoms with Crippen LogP contribution in [0.1, 0.15) is 13.8 Å². The summed E-state index contributed by atoms with van der Waals surface area (Å²) in [6.45, 7) is 8.85. The zero-order chi connectivity index (χ0) is 4.99. The summed E-state index contributed by atoms with van der Waals surface area (Å²) in [6, 6.07) is 0. The molecule has 1 radical (unpaired) electrons. The molecule has 0 aliphatic heterocycles. The van der Waals surface area contributed by atoms with Gasteiger partial charge in [-0.25, -0.2) is 0 Å². The molecule has 0 heterocycles. The van der Waals surface area contributed by atoms with Gasteiger partial charge in [0.1, 0.15) is 0 Å². The third-order valence-electron chi connectivity index (χ3n) is 0.372. The standard InChI is InChI=1S/C6H8.Y/c1-4-5-6(2)3;/h2,5H,1,3H3;/q-2;. The van der Waals surface area contributed by atoms with E-state index in [2.05, 4.69) is 6.08 Å². The summed E-state index contributed by atoms with van der Waals surface area (Å²) >= 11 is 0. The normalized spacial score (nSPS) is 8.29. The number of rotatable bonds is 1. The van der Waals surface area contributed by atoms with E-state index in [-0.39, 0.29) is 32.7 Å². The molecule has 0 rings (SSSR count). The summed E-state index contributed by atoms with van der Waals surface area (Å²) in [4.78, 5) is 0. The Morgan fingerprint density at radius 1 is 1.71 bits per heavy atom. The SMILES string of the molecule is [CH-]=C(C)C=[C-]C.[Y]. The molecule has 0 aliphatic rings. The predicted octanol–water partition coefficient (Wildman–Crippen LogP) is 1.74. The van der Waals surface area contributed by atoms with Gasteiger partial charge < -0.3 is 24.3 Å². The van der Waals surface area contributed by atoms with Gasteiger partial charge in [0.25, 0.3) is 0 Å². The minimum atomic E-state index is 0. The maximum absolute atomic E-state index is 5.20. The molecule has 0 nitrogen and oxygen atoms in total. The first-order valence-corrected chi connectivity index (χ1v) is 1.87. The molecule has 0 amide bonds. The van der Waals surface area contributed by atoms with Crippen LogP contribution in [0.3, 0.4) is 0 Å². The van der Waals surface area contributed by atoms with Crippen molar-refractivity contribution < 1.29 is 32.7 Å². The predicted molar refractivity (Wildman–Crippen MR) is 27.0 cm³/mol. The monoisotopic (exact) mass is 169 g/mol. The summed E-state index contributed by atoms with van der Waals surface area (Å²) in [6.07, 6.45) is 4.52. The van der Waals surface area contributed by atoms with Crippen LogP contribution in [0, 0.1) is 12.7 Å². The first-order valence-electron chi connectivity index (χ1n) is 1.87. The number of hydrogen-bond acceptors (Lipinski definition) is 0. The van der Waals surface area contributed by atoms with Crippen LogP contribution in [0.15, 0.2) is 11.6 Å². The van der Waals surface area contributed by atoms with Crippen molar-refractivity contribution in [1.82, 2.24) is 0 Å². The fourth-order valence-electron chi connectivity index (χ4n) is 0.228. The number of allylic oxidation sites excluding steroid dienone is 3. The van der Waals surface area contributed by atoms with Crippen LogP contribution in [0.2, 0.25) is 0 Å². The van der Waals surface area contributed by atoms with Crippen LogP contribution in [0.5, 0.6) is 0 Å². The van der Waals surface area contributed by atoms with Crippen molar-refractivity contribution >= 4 is 0 Å². The first kappa shape index (κ1) is 10.5. The smallest absolute Gasteiger partial charge is 0 e. The molecular formula is C6H8Y-2. The van der Waals surface area contributed by atoms with Crippen molar-refractivity contribution in [3.05, 3.63) is 24.3 Å². The molecule has 0 aliphatic carbocycles. The van der Waals surface area contributed by atoms with Crippen LogP contribution >= 0.6 is 0 Å². The van der Waals surface area contributed by atoms with Crippen molar-refractivity contribution in [2.75, 3.05) is 0 Å². The molecule has 0 aromatic heterocycles. The summed E-state index contributed by atoms with van der Waals surface area (Å²) in [5, 5.41) is 0. The molecule has 0 aromatic carbocycles. The fraction of sp³-hybridized carbons (Fsp3) is 0.333. The zero-order valence-electron chi connectivity index (χ0n) is 4.73. The topological polar surface area (TPSA) is 0 Å². The van der Waals surface area contributed by atoms with Crippen LogP contribution in [0.4, 0.5) is 0 Å². The Kier molecular flexibility index (Phi) is 9.92. The van der Waals surface area contributed by atoms with E-state index in [0.29, 0.717) is 0 Å². The number of hydrogen-bond donors (Lipinski definition) is 0. The second-order valence-electron chi connectivity index (χ2n) is 1.18. The molecular weight excluding hydrogens is 161 g/mol. The molecule has 0 spiro atoms. The molecule has 7 heavy (non-hydrogen) atoms. The van der Waals surface area contributed by atoms with E-state index in [4.69, 9.17) is 6.58 Å². The molecule has 0 N–H and O–H groups in total. The van der Waals surface area contributed by atoms with Crippen molar-refractivity contribution in [2.24, 2.45) is 0 Å². The maximum atomic E-state index is 5.20. The van der Waals surface area contributed by atoms with Crippen LogP contribution in [-0.4, -0.2) is 0 Å². The Morgan fingerprint density at radius 3 is 2.14 bits per heavy atom. The zero-order valence-corrected chi connectivity index (χ0v) is 7.57. The molecule has 37 valence electrons. The van der Waals surface area contributed by atoms with Gasteiger partial charge in [-0.1, -0.05) is 0 Å². The molecule has 0 bridgehead atoms. The minimum Gasteiger partial charge on any atom is -0.391 e. The Labute approximate surface area is 70.6 Å². The Bertz CT molecular complexity index is 72.2. The van der Waals surface area contributed by atoms with Crippen molar-refractivity contribution in [3.63, 3.8) is 0 Å². The van der Waals surface area contributed by atoms with Crippen molar-refractivity contribution in [1.29, 1.82) is 0 Å². The summed E-state index contributed by atoms with van der Waals surface area (Å²) in [5.41, 5.74) is 0.803. The van der Waals surface area contributed by atoms with Gasteiger partial charge in [-0.05, 0) is 0 Å². The van der Waals surface area contributed by atoms with Gasteiger partial charge >= 0.3 is 0 Å². The fourth-order valence-corrected chi connectivity index (χ4v) is 0.228. The van der Waals surface area contributed by atoms with Gasteiger partial charge in [0, 0.05) is 32.7 Å². The molecule has 0 aromatic rings. The van der Waals surface area contributed by atoms with Gasteiger partial charge in [-0.15, -0.1) is 13.8 Å². The van der Waals surface area contributed by atoms with E-state index in [1.54, 1.807) is 6.08 Å². The largest absolute Gasteiger partial charge is 0.391 e. The molecule has 0 unspecified atom stereocenters. The van der Waals surface area contributed by atoms with Gasteiger partial charge in [-0.2, -0.15) is 0 Å². The van der Waals surface area contributed by atoms with Crippen LogP contribution in [0.25, 0.3) is 0 Å². The summed E-state index contributed by atoms with van der Waals surface area (Å²) in [7, 11) is 0. The molecule has 0 saturated carbocycles. The van der Waals surface area contributed by atoms with E-state index >= 15 is 0 Å². The van der Waals surface area contributed by atoms with Gasteiger partial charge in [0.15, 0.2) is 0 Å². The van der Waals surface area contributed by atoms with E-state index in [0.717, 1.165) is 5.57 Å². The molecule has 0 fully saturated rings. The summed E-state index contributed by atoms with van der Waals surface area (Å²) in [5.74, 6) is 0. The van der Waals surface area contributed by atoms with E-state index in [9.17, 15) is 0 Å².